The summed E-state index contributed by atoms with van der Waals surface area (Å²) in [5, 5.41) is 11.4. The Balaban J connectivity index is 4.04. The van der Waals surface area contributed by atoms with Crippen LogP contribution in [0.3, 0.4) is 0 Å². The third-order valence-corrected chi connectivity index (χ3v) is 1.06. The lowest BCUT2D eigenvalue weighted by atomic mass is 10.1. The van der Waals surface area contributed by atoms with Gasteiger partial charge in [-0.2, -0.15) is 0 Å². The Bertz CT molecular complexity index is 177. The molecule has 3 heteroatoms. The molecule has 0 saturated carbocycles. The van der Waals surface area contributed by atoms with Gasteiger partial charge in [0.1, 0.15) is 0 Å². The van der Waals surface area contributed by atoms with E-state index in [1.807, 2.05) is 20.8 Å². The van der Waals surface area contributed by atoms with Gasteiger partial charge in [-0.05, 0) is 27.7 Å². The lowest BCUT2D eigenvalue weighted by molar-refractivity contribution is -0.132. The van der Waals surface area contributed by atoms with E-state index in [-0.39, 0.29) is 5.54 Å². The van der Waals surface area contributed by atoms with Crippen LogP contribution in [-0.4, -0.2) is 16.6 Å². The van der Waals surface area contributed by atoms with E-state index in [0.717, 1.165) is 0 Å². The first kappa shape index (κ1) is 10.0. The van der Waals surface area contributed by atoms with E-state index in [9.17, 15) is 4.79 Å². The molecule has 11 heavy (non-hydrogen) atoms. The maximum Gasteiger partial charge on any atom is 0.332 e. The molecule has 0 aliphatic heterocycles. The second-order valence-electron chi connectivity index (χ2n) is 3.53. The Morgan fingerprint density at radius 2 is 1.91 bits per heavy atom. The number of hydrogen-bond donors (Lipinski definition) is 2. The maximum atomic E-state index is 10.3. The molecule has 0 radical (unpaired) electrons. The van der Waals surface area contributed by atoms with Gasteiger partial charge in [0.05, 0.1) is 0 Å². The van der Waals surface area contributed by atoms with Crippen molar-refractivity contribution in [3.8, 4) is 0 Å². The SMILES string of the molecule is C/C(=C\NC(C)(C)C)C(=O)O. The molecular weight excluding hydrogens is 142 g/mol. The number of rotatable bonds is 2. The van der Waals surface area contributed by atoms with Gasteiger partial charge in [-0.25, -0.2) is 4.79 Å². The monoisotopic (exact) mass is 157 g/mol. The summed E-state index contributed by atoms with van der Waals surface area (Å²) < 4.78 is 0. The van der Waals surface area contributed by atoms with Crippen molar-refractivity contribution in [3.05, 3.63) is 11.8 Å². The fraction of sp³-hybridized carbons (Fsp3) is 0.625. The standard InChI is InChI=1S/C8H15NO2/c1-6(7(10)11)5-9-8(2,3)4/h5,9H,1-4H3,(H,10,11)/b6-5+. The minimum absolute atomic E-state index is 0.0727. The van der Waals surface area contributed by atoms with Gasteiger partial charge >= 0.3 is 5.97 Å². The van der Waals surface area contributed by atoms with Crippen molar-refractivity contribution in [2.24, 2.45) is 0 Å². The summed E-state index contributed by atoms with van der Waals surface area (Å²) in [6.45, 7) is 7.47. The van der Waals surface area contributed by atoms with Crippen LogP contribution in [0.25, 0.3) is 0 Å². The number of carbonyl (C=O) groups is 1. The summed E-state index contributed by atoms with van der Waals surface area (Å²) in [5.41, 5.74) is 0.247. The lowest BCUT2D eigenvalue weighted by Crippen LogP contribution is -2.31. The zero-order chi connectivity index (χ0) is 9.07. The van der Waals surface area contributed by atoms with Crippen molar-refractivity contribution >= 4 is 5.97 Å². The van der Waals surface area contributed by atoms with Crippen LogP contribution >= 0.6 is 0 Å². The summed E-state index contributed by atoms with van der Waals surface area (Å²) >= 11 is 0. The molecule has 0 aromatic carbocycles. The molecule has 0 atom stereocenters. The predicted octanol–water partition coefficient (Wildman–Crippen LogP) is 1.36. The van der Waals surface area contributed by atoms with E-state index in [1.54, 1.807) is 6.92 Å². The molecule has 0 rings (SSSR count). The highest BCUT2D eigenvalue weighted by Crippen LogP contribution is 1.99. The van der Waals surface area contributed by atoms with Gasteiger partial charge in [0.2, 0.25) is 0 Å². The normalized spacial score (nSPS) is 12.9. The minimum atomic E-state index is -0.887. The molecule has 64 valence electrons. The maximum absolute atomic E-state index is 10.3. The number of carboxylic acids is 1. The first-order valence-electron chi connectivity index (χ1n) is 3.51. The summed E-state index contributed by atoms with van der Waals surface area (Å²) in [7, 11) is 0. The van der Waals surface area contributed by atoms with Crippen LogP contribution in [0.15, 0.2) is 11.8 Å². The molecule has 0 aliphatic rings. The second-order valence-corrected chi connectivity index (χ2v) is 3.53. The molecule has 0 fully saturated rings. The molecular formula is C8H15NO2. The van der Waals surface area contributed by atoms with Crippen LogP contribution in [0, 0.1) is 0 Å². The van der Waals surface area contributed by atoms with E-state index in [0.29, 0.717) is 5.57 Å². The Hall–Kier alpha value is -0.990. The molecule has 3 nitrogen and oxygen atoms in total. The molecule has 0 heterocycles. The van der Waals surface area contributed by atoms with E-state index in [4.69, 9.17) is 5.11 Å². The van der Waals surface area contributed by atoms with Gasteiger partial charge < -0.3 is 10.4 Å². The average molecular weight is 157 g/mol. The van der Waals surface area contributed by atoms with Gasteiger partial charge in [0, 0.05) is 17.3 Å². The number of nitrogens with one attached hydrogen (secondary N) is 1. The van der Waals surface area contributed by atoms with Gasteiger partial charge in [0.25, 0.3) is 0 Å². The van der Waals surface area contributed by atoms with Gasteiger partial charge in [-0.1, -0.05) is 0 Å². The van der Waals surface area contributed by atoms with Crippen LogP contribution in [0.5, 0.6) is 0 Å². The molecule has 0 spiro atoms. The molecule has 0 aromatic rings. The van der Waals surface area contributed by atoms with E-state index >= 15 is 0 Å². The first-order valence-corrected chi connectivity index (χ1v) is 3.51. The highest BCUT2D eigenvalue weighted by molar-refractivity contribution is 5.85. The zero-order valence-electron chi connectivity index (χ0n) is 7.43. The average Bonchev–Trinajstić information content (AvgIpc) is 1.80. The smallest absolute Gasteiger partial charge is 0.332 e. The first-order chi connectivity index (χ1) is 4.83. The highest BCUT2D eigenvalue weighted by Gasteiger charge is 2.07. The van der Waals surface area contributed by atoms with Crippen LogP contribution in [-0.2, 0) is 4.79 Å². The molecule has 0 amide bonds. The topological polar surface area (TPSA) is 49.3 Å². The van der Waals surface area contributed by atoms with E-state index < -0.39 is 5.97 Å². The van der Waals surface area contributed by atoms with Crippen LogP contribution < -0.4 is 5.32 Å². The Morgan fingerprint density at radius 3 is 2.18 bits per heavy atom. The van der Waals surface area contributed by atoms with Crippen LogP contribution in [0.4, 0.5) is 0 Å². The molecule has 0 bridgehead atoms. The van der Waals surface area contributed by atoms with Crippen molar-refractivity contribution in [2.45, 2.75) is 33.2 Å². The Kier molecular flexibility index (Phi) is 3.11. The lowest BCUT2D eigenvalue weighted by Gasteiger charge is -2.18. The molecule has 0 unspecified atom stereocenters. The minimum Gasteiger partial charge on any atom is -0.478 e. The van der Waals surface area contributed by atoms with E-state index in [1.165, 1.54) is 6.20 Å². The third-order valence-electron chi connectivity index (χ3n) is 1.06. The van der Waals surface area contributed by atoms with Crippen LogP contribution in [0.2, 0.25) is 0 Å². The van der Waals surface area contributed by atoms with Crippen molar-refractivity contribution in [1.82, 2.24) is 5.32 Å². The van der Waals surface area contributed by atoms with Crippen molar-refractivity contribution in [3.63, 3.8) is 0 Å². The highest BCUT2D eigenvalue weighted by atomic mass is 16.4. The fourth-order valence-corrected chi connectivity index (χ4v) is 0.386. The predicted molar refractivity (Wildman–Crippen MR) is 44.3 cm³/mol. The van der Waals surface area contributed by atoms with Gasteiger partial charge in [0.15, 0.2) is 0 Å². The number of aliphatic carboxylic acids is 1. The van der Waals surface area contributed by atoms with Gasteiger partial charge in [-0.15, -0.1) is 0 Å². The summed E-state index contributed by atoms with van der Waals surface area (Å²) in [6, 6.07) is 0. The van der Waals surface area contributed by atoms with Gasteiger partial charge in [-0.3, -0.25) is 0 Å². The largest absolute Gasteiger partial charge is 0.478 e. The van der Waals surface area contributed by atoms with Crippen molar-refractivity contribution < 1.29 is 9.90 Å². The molecule has 0 aliphatic carbocycles. The zero-order valence-corrected chi connectivity index (χ0v) is 7.43. The molecule has 2 N–H and O–H groups in total. The molecule has 0 saturated heterocycles. The second kappa shape index (κ2) is 3.42. The third kappa shape index (κ3) is 5.45. The summed E-state index contributed by atoms with van der Waals surface area (Å²) in [4.78, 5) is 10.3. The van der Waals surface area contributed by atoms with E-state index in [2.05, 4.69) is 5.32 Å². The van der Waals surface area contributed by atoms with Crippen LogP contribution in [0.1, 0.15) is 27.7 Å². The quantitative estimate of drug-likeness (QED) is 0.595. The number of hydrogen-bond acceptors (Lipinski definition) is 2. The Labute approximate surface area is 67.1 Å². The molecule has 0 aromatic heterocycles. The fourth-order valence-electron chi connectivity index (χ4n) is 0.386. The van der Waals surface area contributed by atoms with Crippen molar-refractivity contribution in [2.75, 3.05) is 0 Å². The summed E-state index contributed by atoms with van der Waals surface area (Å²) in [6.07, 6.45) is 1.52. The summed E-state index contributed by atoms with van der Waals surface area (Å²) in [5.74, 6) is -0.887. The Morgan fingerprint density at radius 1 is 1.45 bits per heavy atom. The van der Waals surface area contributed by atoms with Crippen molar-refractivity contribution in [1.29, 1.82) is 0 Å². The number of carboxylic acid groups (broad SMARTS) is 1.